The maximum Gasteiger partial charge on any atom is 0.131 e. The fourth-order valence-electron chi connectivity index (χ4n) is 10.1. The Morgan fingerprint density at radius 2 is 0.640 bits per heavy atom. The van der Waals surface area contributed by atoms with Crippen molar-refractivity contribution in [2.75, 3.05) is 0 Å². The van der Waals surface area contributed by atoms with Gasteiger partial charge in [0, 0.05) is 39.8 Å². The Morgan fingerprint density at radius 1 is 0.347 bits per heavy atom. The Kier molecular flexibility index (Phi) is 14.9. The number of phenolic OH excluding ortho intramolecular Hbond substituents is 2. The zero-order valence-corrected chi connectivity index (χ0v) is 45.1. The zero-order chi connectivity index (χ0) is 54.4. The molecule has 75 heavy (non-hydrogen) atoms. The molecule has 0 saturated heterocycles. The Bertz CT molecular complexity index is 3070. The van der Waals surface area contributed by atoms with Gasteiger partial charge in [-0.15, -0.1) is 0 Å². The number of hydrogen-bond donors (Lipinski definition) is 2. The Balaban J connectivity index is 1.26. The van der Waals surface area contributed by atoms with Gasteiger partial charge in [-0.2, -0.15) is 0 Å². The van der Waals surface area contributed by atoms with Crippen molar-refractivity contribution in [1.82, 2.24) is 0 Å². The highest BCUT2D eigenvalue weighted by molar-refractivity contribution is 5.89. The van der Waals surface area contributed by atoms with Gasteiger partial charge in [-0.05, 0) is 127 Å². The molecule has 0 bridgehead atoms. The minimum absolute atomic E-state index is 0.0377. The summed E-state index contributed by atoms with van der Waals surface area (Å²) in [6.45, 7) is 24.8. The molecule has 0 amide bonds. The smallest absolute Gasteiger partial charge is 0.131 e. The summed E-state index contributed by atoms with van der Waals surface area (Å²) in [6.07, 6.45) is -1.58. The lowest BCUT2D eigenvalue weighted by Gasteiger charge is -2.31. The highest BCUT2D eigenvalue weighted by Gasteiger charge is 2.33. The lowest BCUT2D eigenvalue weighted by Crippen LogP contribution is -2.19. The zero-order valence-electron chi connectivity index (χ0n) is 45.1. The molecular formula is C67H68F4O4. The molecule has 8 aromatic rings. The normalized spacial score (nSPS) is 13.1. The van der Waals surface area contributed by atoms with Crippen molar-refractivity contribution in [3.63, 3.8) is 0 Å². The number of hydrogen-bond acceptors (Lipinski definition) is 4. The summed E-state index contributed by atoms with van der Waals surface area (Å²) >= 11 is 0. The van der Waals surface area contributed by atoms with Gasteiger partial charge in [-0.3, -0.25) is 0 Å². The molecule has 4 nitrogen and oxygen atoms in total. The molecule has 8 rings (SSSR count). The largest absolute Gasteiger partial charge is 0.507 e. The van der Waals surface area contributed by atoms with Crippen molar-refractivity contribution in [2.45, 2.75) is 123 Å². The van der Waals surface area contributed by atoms with Crippen LogP contribution < -0.4 is 9.47 Å². The first kappa shape index (κ1) is 54.0. The minimum atomic E-state index is -0.840. The molecule has 0 spiro atoms. The molecule has 0 unspecified atom stereocenters. The highest BCUT2D eigenvalue weighted by atomic mass is 19.1. The maximum atomic E-state index is 16.3. The molecule has 0 fully saturated rings. The summed E-state index contributed by atoms with van der Waals surface area (Å²) < 4.78 is 78.0. The van der Waals surface area contributed by atoms with E-state index in [0.717, 1.165) is 22.3 Å². The lowest BCUT2D eigenvalue weighted by molar-refractivity contribution is 0.111. The number of aromatic hydroxyl groups is 2. The Labute approximate surface area is 440 Å². The number of ether oxygens (including phenoxy) is 2. The first-order valence-electron chi connectivity index (χ1n) is 25.6. The van der Waals surface area contributed by atoms with E-state index in [9.17, 15) is 10.2 Å². The van der Waals surface area contributed by atoms with Crippen LogP contribution in [0.25, 0.3) is 44.5 Å². The van der Waals surface area contributed by atoms with Crippen molar-refractivity contribution in [3.8, 4) is 67.5 Å². The summed E-state index contributed by atoms with van der Waals surface area (Å²) in [5.41, 5.74) is 5.75. The fraction of sp³-hybridized carbons (Fsp3) is 0.284. The van der Waals surface area contributed by atoms with Crippen molar-refractivity contribution < 1.29 is 37.2 Å². The van der Waals surface area contributed by atoms with Crippen molar-refractivity contribution in [3.05, 3.63) is 214 Å². The molecule has 0 aliphatic rings. The van der Waals surface area contributed by atoms with Crippen LogP contribution in [0.5, 0.6) is 23.0 Å². The van der Waals surface area contributed by atoms with Gasteiger partial charge < -0.3 is 19.7 Å². The average molecular weight is 1010 g/mol. The van der Waals surface area contributed by atoms with Gasteiger partial charge in [-0.1, -0.05) is 180 Å². The van der Waals surface area contributed by atoms with Crippen LogP contribution in [0.3, 0.4) is 0 Å². The summed E-state index contributed by atoms with van der Waals surface area (Å²) in [5.74, 6) is -2.66. The second-order valence-electron chi connectivity index (χ2n) is 23.7. The molecule has 388 valence electrons. The number of benzene rings is 8. The third-order valence-corrected chi connectivity index (χ3v) is 13.8. The summed E-state index contributed by atoms with van der Waals surface area (Å²) in [7, 11) is 0. The van der Waals surface area contributed by atoms with Gasteiger partial charge in [0.25, 0.3) is 0 Å². The van der Waals surface area contributed by atoms with Gasteiger partial charge in [0.1, 0.15) is 58.5 Å². The molecule has 0 aliphatic heterocycles. The average Bonchev–Trinajstić information content (AvgIpc) is 3.34. The quantitative estimate of drug-likeness (QED) is 0.120. The maximum absolute atomic E-state index is 16.3. The van der Waals surface area contributed by atoms with E-state index in [-0.39, 0.29) is 62.8 Å². The Hall–Kier alpha value is -7.32. The van der Waals surface area contributed by atoms with Gasteiger partial charge >= 0.3 is 0 Å². The van der Waals surface area contributed by atoms with Crippen LogP contribution in [0.2, 0.25) is 0 Å². The molecule has 0 heterocycles. The van der Waals surface area contributed by atoms with Crippen LogP contribution in [0.4, 0.5) is 17.6 Å². The number of halogens is 4. The van der Waals surface area contributed by atoms with E-state index in [1.165, 1.54) is 60.7 Å². The van der Waals surface area contributed by atoms with E-state index in [2.05, 4.69) is 83.1 Å². The predicted molar refractivity (Wildman–Crippen MR) is 297 cm³/mol. The molecule has 2 N–H and O–H groups in total. The second kappa shape index (κ2) is 20.8. The second-order valence-corrected chi connectivity index (χ2v) is 23.7. The number of rotatable bonds is 12. The van der Waals surface area contributed by atoms with Crippen molar-refractivity contribution in [2.24, 2.45) is 0 Å². The molecule has 8 heteroatoms. The molecule has 2 atom stereocenters. The van der Waals surface area contributed by atoms with Crippen LogP contribution >= 0.6 is 0 Å². The van der Waals surface area contributed by atoms with Gasteiger partial charge in [0.2, 0.25) is 0 Å². The van der Waals surface area contributed by atoms with Crippen LogP contribution in [0.15, 0.2) is 158 Å². The monoisotopic (exact) mass is 1010 g/mol. The molecule has 0 aromatic heterocycles. The third-order valence-electron chi connectivity index (χ3n) is 13.8. The van der Waals surface area contributed by atoms with E-state index in [1.54, 1.807) is 0 Å². The summed E-state index contributed by atoms with van der Waals surface area (Å²) in [4.78, 5) is 0. The molecule has 0 aliphatic carbocycles. The molecular weight excluding hydrogens is 945 g/mol. The minimum Gasteiger partial charge on any atom is -0.507 e. The number of phenols is 2. The van der Waals surface area contributed by atoms with Crippen LogP contribution in [0, 0.1) is 23.3 Å². The van der Waals surface area contributed by atoms with E-state index in [0.29, 0.717) is 22.3 Å². The highest BCUT2D eigenvalue weighted by Crippen LogP contribution is 2.51. The molecule has 0 radical (unpaired) electrons. The van der Waals surface area contributed by atoms with Crippen LogP contribution in [-0.2, 0) is 21.7 Å². The summed E-state index contributed by atoms with van der Waals surface area (Å²) in [6, 6.07) is 43.6. The topological polar surface area (TPSA) is 58.9 Å². The predicted octanol–water partition coefficient (Wildman–Crippen LogP) is 18.8. The van der Waals surface area contributed by atoms with E-state index < -0.39 is 57.1 Å². The molecule has 0 saturated carbocycles. The van der Waals surface area contributed by atoms with Crippen molar-refractivity contribution >= 4 is 0 Å². The SMILES string of the molecule is CC(C)(C)c1cccc(C(C)(C)C)c1-c1cc(F)cc(-c2cc(F)ccc2O[C@@H](C[C@@H](Oc2ccc(F)cc2-c2cc(F)cc(-c3c(C(C)(C)C)cccc3C(C)(C)C)c2O)c2ccccc2)c2ccccc2)c1O. The molecule has 8 aromatic carbocycles. The first-order chi connectivity index (χ1) is 35.2. The van der Waals surface area contributed by atoms with Crippen molar-refractivity contribution in [1.29, 1.82) is 0 Å². The standard InChI is InChI=1S/C67H68F4O4/c1-64(2,3)52-25-19-26-53(65(4,5)6)60(52)50-37-44(70)35-48(62(50)72)46-33-42(68)29-31-56(46)74-58(40-21-15-13-16-22-40)39-59(41-23-17-14-18-24-41)75-57-32-30-43(69)34-47(57)49-36-45(71)38-51(63(49)73)61-54(66(7,8)9)27-20-28-55(61)67(10,11)12/h13-38,58-59,72-73H,39H2,1-12H3/t58-,59+. The van der Waals surface area contributed by atoms with E-state index in [1.807, 2.05) is 97.1 Å². The first-order valence-corrected chi connectivity index (χ1v) is 25.6. The van der Waals surface area contributed by atoms with Gasteiger partial charge in [0.05, 0.1) is 0 Å². The van der Waals surface area contributed by atoms with Gasteiger partial charge in [0.15, 0.2) is 0 Å². The van der Waals surface area contributed by atoms with Crippen LogP contribution in [0.1, 0.15) is 135 Å². The Morgan fingerprint density at radius 3 is 0.947 bits per heavy atom. The van der Waals surface area contributed by atoms with E-state index >= 15 is 17.6 Å². The van der Waals surface area contributed by atoms with Gasteiger partial charge in [-0.25, -0.2) is 17.6 Å². The van der Waals surface area contributed by atoms with Crippen LogP contribution in [-0.4, -0.2) is 10.2 Å². The van der Waals surface area contributed by atoms with E-state index in [4.69, 9.17) is 9.47 Å². The lowest BCUT2D eigenvalue weighted by atomic mass is 9.74. The fourth-order valence-corrected chi connectivity index (χ4v) is 10.1. The summed E-state index contributed by atoms with van der Waals surface area (Å²) in [5, 5.41) is 24.9. The third kappa shape index (κ3) is 11.7.